The SMILES string of the molecule is C=C[SiH](C)O[Si](C)(C)O[Si](C)(C)CCCOCC1CO1. The van der Waals surface area contributed by atoms with Crippen molar-refractivity contribution < 1.29 is 17.7 Å². The van der Waals surface area contributed by atoms with Gasteiger partial charge in [-0.15, -0.1) is 6.58 Å². The molecule has 1 aliphatic heterocycles. The highest BCUT2D eigenvalue weighted by Gasteiger charge is 2.35. The van der Waals surface area contributed by atoms with Gasteiger partial charge in [0.05, 0.1) is 13.2 Å². The predicted octanol–water partition coefficient (Wildman–Crippen LogP) is 2.81. The highest BCUT2D eigenvalue weighted by molar-refractivity contribution is 6.85. The van der Waals surface area contributed by atoms with Gasteiger partial charge >= 0.3 is 8.56 Å². The van der Waals surface area contributed by atoms with Crippen molar-refractivity contribution in [1.29, 1.82) is 0 Å². The molecular formula is C13H30O4Si3. The summed E-state index contributed by atoms with van der Waals surface area (Å²) in [6.45, 7) is 17.2. The molecule has 1 rings (SSSR count). The van der Waals surface area contributed by atoms with Crippen molar-refractivity contribution in [3.63, 3.8) is 0 Å². The Balaban J connectivity index is 2.21. The number of rotatable bonds is 11. The van der Waals surface area contributed by atoms with Crippen molar-refractivity contribution in [2.45, 2.75) is 51.3 Å². The Morgan fingerprint density at radius 3 is 2.55 bits per heavy atom. The largest absolute Gasteiger partial charge is 0.437 e. The third kappa shape index (κ3) is 8.50. The Bertz CT molecular complexity index is 306. The number of ether oxygens (including phenoxy) is 2. The Labute approximate surface area is 127 Å². The molecule has 0 radical (unpaired) electrons. The van der Waals surface area contributed by atoms with Crippen LogP contribution in [0.1, 0.15) is 6.42 Å². The minimum atomic E-state index is -2.01. The molecule has 118 valence electrons. The molecule has 1 fully saturated rings. The van der Waals surface area contributed by atoms with E-state index in [2.05, 4.69) is 39.3 Å². The van der Waals surface area contributed by atoms with Gasteiger partial charge in [-0.25, -0.2) is 0 Å². The molecule has 0 aromatic heterocycles. The molecule has 0 N–H and O–H groups in total. The van der Waals surface area contributed by atoms with E-state index in [1.807, 2.05) is 5.70 Å². The molecule has 0 aromatic rings. The molecule has 4 nitrogen and oxygen atoms in total. The lowest BCUT2D eigenvalue weighted by Gasteiger charge is -2.34. The lowest BCUT2D eigenvalue weighted by Crippen LogP contribution is -2.48. The van der Waals surface area contributed by atoms with Crippen LogP contribution in [0.25, 0.3) is 0 Å². The standard InChI is InChI=1S/C13H30O4Si3/c1-7-18(2)16-20(5,6)17-19(3,4)10-8-9-14-11-13-12-15-13/h7,13,18H,1,8-12H2,2-6H3. The second-order valence-electron chi connectivity index (χ2n) is 6.45. The maximum atomic E-state index is 6.40. The maximum absolute atomic E-state index is 6.40. The van der Waals surface area contributed by atoms with Crippen LogP contribution in [0.4, 0.5) is 0 Å². The molecule has 1 saturated heterocycles. The molecule has 0 saturated carbocycles. The van der Waals surface area contributed by atoms with Crippen LogP contribution < -0.4 is 0 Å². The van der Waals surface area contributed by atoms with Crippen LogP contribution in [0.2, 0.25) is 38.8 Å². The monoisotopic (exact) mass is 334 g/mol. The fraction of sp³-hybridized carbons (Fsp3) is 0.846. The van der Waals surface area contributed by atoms with Crippen LogP contribution in [0, 0.1) is 0 Å². The summed E-state index contributed by atoms with van der Waals surface area (Å²) < 4.78 is 23.2. The number of hydrogen-bond acceptors (Lipinski definition) is 4. The Morgan fingerprint density at radius 2 is 2.00 bits per heavy atom. The molecule has 20 heavy (non-hydrogen) atoms. The predicted molar refractivity (Wildman–Crippen MR) is 90.3 cm³/mol. The molecular weight excluding hydrogens is 304 g/mol. The van der Waals surface area contributed by atoms with Gasteiger partial charge in [-0.05, 0) is 45.2 Å². The summed E-state index contributed by atoms with van der Waals surface area (Å²) in [5.41, 5.74) is 1.96. The van der Waals surface area contributed by atoms with Gasteiger partial charge in [-0.1, -0.05) is 5.70 Å². The summed E-state index contributed by atoms with van der Waals surface area (Å²) >= 11 is 0. The van der Waals surface area contributed by atoms with Crippen molar-refractivity contribution in [3.8, 4) is 0 Å². The van der Waals surface area contributed by atoms with E-state index >= 15 is 0 Å². The van der Waals surface area contributed by atoms with Gasteiger partial charge in [0, 0.05) is 6.61 Å². The van der Waals surface area contributed by atoms with Crippen LogP contribution in [-0.2, 0) is 17.7 Å². The van der Waals surface area contributed by atoms with Gasteiger partial charge in [0.1, 0.15) is 6.10 Å². The summed E-state index contributed by atoms with van der Waals surface area (Å²) in [5, 5.41) is 0. The lowest BCUT2D eigenvalue weighted by molar-refractivity contribution is 0.116. The molecule has 0 amide bonds. The average Bonchev–Trinajstić information content (AvgIpc) is 3.10. The molecule has 1 aliphatic rings. The molecule has 0 aliphatic carbocycles. The van der Waals surface area contributed by atoms with Gasteiger partial charge in [0.15, 0.2) is 17.4 Å². The fourth-order valence-electron chi connectivity index (χ4n) is 2.22. The fourth-order valence-corrected chi connectivity index (χ4v) is 13.5. The molecule has 2 atom stereocenters. The van der Waals surface area contributed by atoms with Crippen LogP contribution in [0.3, 0.4) is 0 Å². The van der Waals surface area contributed by atoms with Crippen molar-refractivity contribution in [2.24, 2.45) is 0 Å². The van der Waals surface area contributed by atoms with E-state index < -0.39 is 25.9 Å². The van der Waals surface area contributed by atoms with Crippen molar-refractivity contribution in [2.75, 3.05) is 19.8 Å². The van der Waals surface area contributed by atoms with Crippen molar-refractivity contribution >= 4 is 25.9 Å². The summed E-state index contributed by atoms with van der Waals surface area (Å²) in [7, 11) is -4.93. The molecule has 2 unspecified atom stereocenters. The highest BCUT2D eigenvalue weighted by Crippen LogP contribution is 2.21. The quantitative estimate of drug-likeness (QED) is 0.331. The topological polar surface area (TPSA) is 40.2 Å². The van der Waals surface area contributed by atoms with E-state index in [0.717, 1.165) is 32.3 Å². The van der Waals surface area contributed by atoms with Crippen LogP contribution in [0.5, 0.6) is 0 Å². The summed E-state index contributed by atoms with van der Waals surface area (Å²) in [4.78, 5) is 0. The van der Waals surface area contributed by atoms with Gasteiger partial charge in [0.2, 0.25) is 0 Å². The second-order valence-corrected chi connectivity index (χ2v) is 16.9. The molecule has 7 heteroatoms. The first-order valence-electron chi connectivity index (χ1n) is 7.44. The molecule has 0 aromatic carbocycles. The summed E-state index contributed by atoms with van der Waals surface area (Å²) in [6, 6.07) is 1.11. The van der Waals surface area contributed by atoms with E-state index in [4.69, 9.17) is 17.7 Å². The Morgan fingerprint density at radius 1 is 1.35 bits per heavy atom. The van der Waals surface area contributed by atoms with E-state index in [9.17, 15) is 0 Å². The van der Waals surface area contributed by atoms with Crippen molar-refractivity contribution in [3.05, 3.63) is 12.3 Å². The summed E-state index contributed by atoms with van der Waals surface area (Å²) in [6.07, 6.45) is 1.42. The van der Waals surface area contributed by atoms with Gasteiger partial charge in [0.25, 0.3) is 0 Å². The second kappa shape index (κ2) is 8.02. The molecule has 0 spiro atoms. The number of hydrogen-bond donors (Lipinski definition) is 0. The van der Waals surface area contributed by atoms with Crippen LogP contribution in [0.15, 0.2) is 12.3 Å². The Kier molecular flexibility index (Phi) is 7.33. The third-order valence-corrected chi connectivity index (χ3v) is 13.3. The molecule has 0 bridgehead atoms. The van der Waals surface area contributed by atoms with Gasteiger partial charge < -0.3 is 17.7 Å². The summed E-state index contributed by atoms with van der Waals surface area (Å²) in [5.74, 6) is 0. The maximum Gasteiger partial charge on any atom is 0.311 e. The lowest BCUT2D eigenvalue weighted by atomic mass is 10.5. The minimum Gasteiger partial charge on any atom is -0.437 e. The first kappa shape index (κ1) is 18.3. The normalized spacial score (nSPS) is 20.8. The highest BCUT2D eigenvalue weighted by atomic mass is 28.5. The first-order valence-corrected chi connectivity index (χ1v) is 15.7. The van der Waals surface area contributed by atoms with Gasteiger partial charge in [-0.2, -0.15) is 0 Å². The van der Waals surface area contributed by atoms with Gasteiger partial charge in [-0.3, -0.25) is 0 Å². The van der Waals surface area contributed by atoms with Crippen LogP contribution in [-0.4, -0.2) is 51.8 Å². The third-order valence-electron chi connectivity index (χ3n) is 3.10. The van der Waals surface area contributed by atoms with E-state index in [1.54, 1.807) is 0 Å². The average molecular weight is 335 g/mol. The minimum absolute atomic E-state index is 0.363. The van der Waals surface area contributed by atoms with Crippen molar-refractivity contribution in [1.82, 2.24) is 0 Å². The van der Waals surface area contributed by atoms with Crippen LogP contribution >= 0.6 is 0 Å². The zero-order valence-corrected chi connectivity index (χ0v) is 16.8. The van der Waals surface area contributed by atoms with E-state index in [0.29, 0.717) is 6.10 Å². The molecule has 1 heterocycles. The smallest absolute Gasteiger partial charge is 0.311 e. The first-order chi connectivity index (χ1) is 9.24. The van der Waals surface area contributed by atoms with E-state index in [1.165, 1.54) is 0 Å². The Hall–Kier alpha value is 0.231. The zero-order chi connectivity index (χ0) is 15.2. The van der Waals surface area contributed by atoms with E-state index in [-0.39, 0.29) is 0 Å². The number of epoxide rings is 1. The zero-order valence-electron chi connectivity index (χ0n) is 13.6.